The summed E-state index contributed by atoms with van der Waals surface area (Å²) in [5.74, 6) is -2.27. The zero-order valence-corrected chi connectivity index (χ0v) is 14.6. The lowest BCUT2D eigenvalue weighted by Crippen LogP contribution is -2.31. The van der Waals surface area contributed by atoms with Gasteiger partial charge in [-0.25, -0.2) is 4.39 Å². The minimum absolute atomic E-state index is 0.0562. The molecule has 1 aliphatic rings. The molecule has 0 aliphatic carbocycles. The molecule has 0 spiro atoms. The summed E-state index contributed by atoms with van der Waals surface area (Å²) in [4.78, 5) is 27.2. The van der Waals surface area contributed by atoms with Gasteiger partial charge in [-0.05, 0) is 29.1 Å². The molecule has 0 saturated heterocycles. The van der Waals surface area contributed by atoms with E-state index in [-0.39, 0.29) is 10.7 Å². The summed E-state index contributed by atoms with van der Waals surface area (Å²) in [5.41, 5.74) is 1.87. The summed E-state index contributed by atoms with van der Waals surface area (Å²) >= 11 is 2.31. The first-order chi connectivity index (χ1) is 12.6. The number of nitrogens with zero attached hydrogens (tertiary/aromatic N) is 3. The number of amides is 1. The van der Waals surface area contributed by atoms with Gasteiger partial charge in [0, 0.05) is 0 Å². The van der Waals surface area contributed by atoms with Crippen molar-refractivity contribution in [3.8, 4) is 0 Å². The van der Waals surface area contributed by atoms with Crippen LogP contribution in [0.5, 0.6) is 0 Å². The van der Waals surface area contributed by atoms with E-state index in [1.165, 1.54) is 46.0 Å². The molecule has 130 valence electrons. The SMILES string of the molecule is O=C(C1=C(O)C(=O)N(c2nncs2)[C@@H]1c1ccc(F)cc1)c1cccs1. The van der Waals surface area contributed by atoms with Crippen molar-refractivity contribution in [2.24, 2.45) is 0 Å². The van der Waals surface area contributed by atoms with Gasteiger partial charge in [0.15, 0.2) is 5.76 Å². The fourth-order valence-electron chi connectivity index (χ4n) is 2.81. The van der Waals surface area contributed by atoms with Crippen LogP contribution in [0.2, 0.25) is 0 Å². The van der Waals surface area contributed by atoms with E-state index < -0.39 is 29.3 Å². The highest BCUT2D eigenvalue weighted by atomic mass is 32.1. The normalized spacial score (nSPS) is 17.2. The van der Waals surface area contributed by atoms with Crippen molar-refractivity contribution in [1.82, 2.24) is 10.2 Å². The predicted octanol–water partition coefficient (Wildman–Crippen LogP) is 3.52. The summed E-state index contributed by atoms with van der Waals surface area (Å²) in [7, 11) is 0. The number of benzene rings is 1. The van der Waals surface area contributed by atoms with E-state index in [1.807, 2.05) is 0 Å². The van der Waals surface area contributed by atoms with Gasteiger partial charge in [-0.2, -0.15) is 0 Å². The van der Waals surface area contributed by atoms with Crippen LogP contribution in [-0.4, -0.2) is 27.0 Å². The summed E-state index contributed by atoms with van der Waals surface area (Å²) in [6, 6.07) is 7.84. The number of hydrogen-bond acceptors (Lipinski definition) is 7. The zero-order valence-electron chi connectivity index (χ0n) is 13.0. The second kappa shape index (κ2) is 6.43. The Morgan fingerprint density at radius 1 is 1.19 bits per heavy atom. The smallest absolute Gasteiger partial charge is 0.296 e. The van der Waals surface area contributed by atoms with Gasteiger partial charge >= 0.3 is 0 Å². The first-order valence-corrected chi connectivity index (χ1v) is 9.20. The molecule has 26 heavy (non-hydrogen) atoms. The highest BCUT2D eigenvalue weighted by Gasteiger charge is 2.46. The quantitative estimate of drug-likeness (QED) is 0.693. The predicted molar refractivity (Wildman–Crippen MR) is 94.8 cm³/mol. The lowest BCUT2D eigenvalue weighted by Gasteiger charge is -2.23. The van der Waals surface area contributed by atoms with Gasteiger partial charge in [0.2, 0.25) is 10.9 Å². The molecule has 1 N–H and O–H groups in total. The summed E-state index contributed by atoms with van der Waals surface area (Å²) < 4.78 is 13.3. The number of hydrogen-bond donors (Lipinski definition) is 1. The van der Waals surface area contributed by atoms with E-state index in [4.69, 9.17) is 0 Å². The Labute approximate surface area is 154 Å². The van der Waals surface area contributed by atoms with Crippen molar-refractivity contribution in [3.63, 3.8) is 0 Å². The molecule has 3 heterocycles. The number of carbonyl (C=O) groups excluding carboxylic acids is 2. The summed E-state index contributed by atoms with van der Waals surface area (Å²) in [5, 5.41) is 20.0. The molecule has 1 aliphatic heterocycles. The molecule has 1 amide bonds. The lowest BCUT2D eigenvalue weighted by atomic mass is 9.95. The third-order valence-electron chi connectivity index (χ3n) is 3.94. The van der Waals surface area contributed by atoms with Gasteiger partial charge in [-0.3, -0.25) is 14.5 Å². The first kappa shape index (κ1) is 16.6. The number of Topliss-reactive ketones (excluding diaryl/α,β-unsaturated/α-hetero) is 1. The molecule has 0 bridgehead atoms. The molecule has 2 aromatic heterocycles. The van der Waals surface area contributed by atoms with Crippen LogP contribution in [0.3, 0.4) is 0 Å². The van der Waals surface area contributed by atoms with Gasteiger partial charge in [-0.15, -0.1) is 21.5 Å². The number of halogens is 1. The van der Waals surface area contributed by atoms with Crippen LogP contribution in [0.25, 0.3) is 0 Å². The third-order valence-corrected chi connectivity index (χ3v) is 5.50. The van der Waals surface area contributed by atoms with Crippen LogP contribution in [-0.2, 0) is 4.79 Å². The second-order valence-corrected chi connectivity index (χ2v) is 7.18. The Bertz CT molecular complexity index is 999. The zero-order chi connectivity index (χ0) is 18.3. The van der Waals surface area contributed by atoms with Gasteiger partial charge in [0.05, 0.1) is 16.5 Å². The molecule has 4 rings (SSSR count). The van der Waals surface area contributed by atoms with Gasteiger partial charge < -0.3 is 5.11 Å². The first-order valence-electron chi connectivity index (χ1n) is 7.44. The standard InChI is InChI=1S/C17H10FN3O3S2/c18-10-5-3-9(4-6-10)13-12(14(22)11-2-1-7-25-11)15(23)16(24)21(13)17-20-19-8-26-17/h1-8,13,23H/t13-/m1/s1. The van der Waals surface area contributed by atoms with Crippen LogP contribution >= 0.6 is 22.7 Å². The lowest BCUT2D eigenvalue weighted by molar-refractivity contribution is -0.117. The topological polar surface area (TPSA) is 83.4 Å². The van der Waals surface area contributed by atoms with Crippen molar-refractivity contribution in [2.45, 2.75) is 6.04 Å². The molecule has 0 radical (unpaired) electrons. The van der Waals surface area contributed by atoms with Crippen molar-refractivity contribution >= 4 is 39.5 Å². The van der Waals surface area contributed by atoms with Crippen LogP contribution in [0.1, 0.15) is 21.3 Å². The molecule has 1 aromatic carbocycles. The maximum atomic E-state index is 13.3. The third kappa shape index (κ3) is 2.61. The van der Waals surface area contributed by atoms with E-state index in [2.05, 4.69) is 10.2 Å². The summed E-state index contributed by atoms with van der Waals surface area (Å²) in [6.45, 7) is 0. The molecule has 3 aromatic rings. The van der Waals surface area contributed by atoms with Gasteiger partial charge in [-0.1, -0.05) is 29.5 Å². The number of thiophene rings is 1. The molecule has 1 atom stereocenters. The Hall–Kier alpha value is -2.91. The van der Waals surface area contributed by atoms with Crippen molar-refractivity contribution < 1.29 is 19.1 Å². The van der Waals surface area contributed by atoms with Crippen LogP contribution < -0.4 is 4.90 Å². The van der Waals surface area contributed by atoms with Crippen molar-refractivity contribution in [2.75, 3.05) is 4.90 Å². The number of aliphatic hydroxyl groups excluding tert-OH is 1. The highest BCUT2D eigenvalue weighted by Crippen LogP contribution is 2.42. The van der Waals surface area contributed by atoms with Crippen LogP contribution in [0, 0.1) is 5.82 Å². The highest BCUT2D eigenvalue weighted by molar-refractivity contribution is 7.13. The Kier molecular flexibility index (Phi) is 4.09. The molecule has 9 heteroatoms. The number of carbonyl (C=O) groups is 2. The fraction of sp³-hybridized carbons (Fsp3) is 0.0588. The van der Waals surface area contributed by atoms with Crippen molar-refractivity contribution in [3.05, 3.63) is 74.9 Å². The Morgan fingerprint density at radius 2 is 1.96 bits per heavy atom. The van der Waals surface area contributed by atoms with Crippen LogP contribution in [0.15, 0.2) is 58.6 Å². The van der Waals surface area contributed by atoms with Crippen molar-refractivity contribution in [1.29, 1.82) is 0 Å². The fourth-order valence-corrected chi connectivity index (χ4v) is 4.07. The Balaban J connectivity index is 1.88. The maximum Gasteiger partial charge on any atom is 0.296 e. The second-order valence-electron chi connectivity index (χ2n) is 5.42. The van der Waals surface area contributed by atoms with E-state index in [9.17, 15) is 19.1 Å². The minimum atomic E-state index is -0.911. The van der Waals surface area contributed by atoms with Gasteiger partial charge in [0.1, 0.15) is 11.3 Å². The number of rotatable bonds is 4. The number of aromatic nitrogens is 2. The number of anilines is 1. The average Bonchev–Trinajstić information content (AvgIpc) is 3.38. The minimum Gasteiger partial charge on any atom is -0.503 e. The molecule has 0 unspecified atom stereocenters. The van der Waals surface area contributed by atoms with E-state index in [0.29, 0.717) is 10.4 Å². The van der Waals surface area contributed by atoms with Gasteiger partial charge in [0.25, 0.3) is 5.91 Å². The average molecular weight is 387 g/mol. The molecule has 0 fully saturated rings. The van der Waals surface area contributed by atoms with Crippen LogP contribution in [0.4, 0.5) is 9.52 Å². The van der Waals surface area contributed by atoms with E-state index in [0.717, 1.165) is 11.3 Å². The van der Waals surface area contributed by atoms with E-state index >= 15 is 0 Å². The monoisotopic (exact) mass is 387 g/mol. The number of aliphatic hydroxyl groups is 1. The Morgan fingerprint density at radius 3 is 2.58 bits per heavy atom. The molecule has 0 saturated carbocycles. The number of ketones is 1. The van der Waals surface area contributed by atoms with E-state index in [1.54, 1.807) is 17.5 Å². The maximum absolute atomic E-state index is 13.3. The molecular weight excluding hydrogens is 377 g/mol. The summed E-state index contributed by atoms with van der Waals surface area (Å²) in [6.07, 6.45) is 0. The largest absolute Gasteiger partial charge is 0.503 e. The molecule has 6 nitrogen and oxygen atoms in total. The molecular formula is C17H10FN3O3S2.